The molecule has 0 aliphatic heterocycles. The standard InChI is InChI=1S/C15H31N3O/c1-12(10-16-2)15(19)17-11-14(18(3)4)13-8-6-5-7-9-13/h12-14,16H,5-11H2,1-4H3,(H,17,19). The van der Waals surface area contributed by atoms with Crippen LogP contribution in [0.25, 0.3) is 0 Å². The summed E-state index contributed by atoms with van der Waals surface area (Å²) >= 11 is 0. The first-order valence-corrected chi connectivity index (χ1v) is 7.65. The van der Waals surface area contributed by atoms with E-state index in [9.17, 15) is 4.79 Å². The van der Waals surface area contributed by atoms with Gasteiger partial charge in [0.05, 0.1) is 0 Å². The lowest BCUT2D eigenvalue weighted by Gasteiger charge is -2.35. The highest BCUT2D eigenvalue weighted by Crippen LogP contribution is 2.28. The van der Waals surface area contributed by atoms with Crippen LogP contribution < -0.4 is 10.6 Å². The van der Waals surface area contributed by atoms with Crippen molar-refractivity contribution in [1.29, 1.82) is 0 Å². The molecule has 0 aromatic rings. The molecule has 1 amide bonds. The molecule has 0 radical (unpaired) electrons. The van der Waals surface area contributed by atoms with Gasteiger partial charge in [-0.15, -0.1) is 0 Å². The van der Waals surface area contributed by atoms with Gasteiger partial charge in [-0.2, -0.15) is 0 Å². The van der Waals surface area contributed by atoms with Gasteiger partial charge in [0, 0.05) is 25.0 Å². The Morgan fingerprint density at radius 2 is 1.84 bits per heavy atom. The van der Waals surface area contributed by atoms with E-state index in [1.807, 2.05) is 14.0 Å². The lowest BCUT2D eigenvalue weighted by atomic mass is 9.83. The largest absolute Gasteiger partial charge is 0.354 e. The minimum atomic E-state index is 0.0409. The van der Waals surface area contributed by atoms with Gasteiger partial charge < -0.3 is 15.5 Å². The third kappa shape index (κ3) is 5.49. The fourth-order valence-electron chi connectivity index (χ4n) is 3.07. The molecule has 4 heteroatoms. The number of amides is 1. The van der Waals surface area contributed by atoms with Crippen molar-refractivity contribution in [3.05, 3.63) is 0 Å². The van der Waals surface area contributed by atoms with E-state index >= 15 is 0 Å². The normalized spacial score (nSPS) is 20.3. The zero-order valence-corrected chi connectivity index (χ0v) is 13.0. The lowest BCUT2D eigenvalue weighted by Crippen LogP contribution is -2.47. The van der Waals surface area contributed by atoms with Crippen LogP contribution in [0.15, 0.2) is 0 Å². The maximum Gasteiger partial charge on any atom is 0.224 e. The molecule has 1 fully saturated rings. The van der Waals surface area contributed by atoms with Crippen LogP contribution in [0.3, 0.4) is 0 Å². The molecule has 2 unspecified atom stereocenters. The monoisotopic (exact) mass is 269 g/mol. The maximum absolute atomic E-state index is 12.0. The van der Waals surface area contributed by atoms with Gasteiger partial charge >= 0.3 is 0 Å². The zero-order valence-electron chi connectivity index (χ0n) is 13.0. The molecule has 0 aromatic heterocycles. The Hall–Kier alpha value is -0.610. The Bertz CT molecular complexity index is 262. The van der Waals surface area contributed by atoms with E-state index in [1.54, 1.807) is 0 Å². The van der Waals surface area contributed by atoms with Crippen LogP contribution in [-0.4, -0.2) is 51.1 Å². The van der Waals surface area contributed by atoms with Crippen LogP contribution in [0.2, 0.25) is 0 Å². The molecular weight excluding hydrogens is 238 g/mol. The smallest absolute Gasteiger partial charge is 0.224 e. The molecule has 1 rings (SSSR count). The summed E-state index contributed by atoms with van der Waals surface area (Å²) in [5.74, 6) is 0.944. The Morgan fingerprint density at radius 1 is 1.21 bits per heavy atom. The van der Waals surface area contributed by atoms with Crippen molar-refractivity contribution >= 4 is 5.91 Å². The van der Waals surface area contributed by atoms with E-state index in [2.05, 4.69) is 29.6 Å². The van der Waals surface area contributed by atoms with Crippen molar-refractivity contribution in [3.63, 3.8) is 0 Å². The molecule has 1 aliphatic carbocycles. The molecule has 1 saturated carbocycles. The second-order valence-electron chi connectivity index (χ2n) is 6.13. The summed E-state index contributed by atoms with van der Waals surface area (Å²) in [6, 6.07) is 0.478. The number of hydrogen-bond donors (Lipinski definition) is 2. The molecule has 0 aromatic carbocycles. The van der Waals surface area contributed by atoms with E-state index < -0.39 is 0 Å². The SMILES string of the molecule is CNCC(C)C(=O)NCC(C1CCCCC1)N(C)C. The van der Waals surface area contributed by atoms with E-state index in [4.69, 9.17) is 0 Å². The van der Waals surface area contributed by atoms with Gasteiger partial charge in [-0.1, -0.05) is 26.2 Å². The average molecular weight is 269 g/mol. The van der Waals surface area contributed by atoms with Crippen LogP contribution >= 0.6 is 0 Å². The van der Waals surface area contributed by atoms with E-state index in [1.165, 1.54) is 32.1 Å². The average Bonchev–Trinajstić information content (AvgIpc) is 2.39. The van der Waals surface area contributed by atoms with E-state index in [0.717, 1.165) is 19.0 Å². The first kappa shape index (κ1) is 16.4. The van der Waals surface area contributed by atoms with E-state index in [-0.39, 0.29) is 11.8 Å². The van der Waals surface area contributed by atoms with Gasteiger partial charge in [0.15, 0.2) is 0 Å². The maximum atomic E-state index is 12.0. The summed E-state index contributed by atoms with van der Waals surface area (Å²) in [6.07, 6.45) is 6.69. The second-order valence-corrected chi connectivity index (χ2v) is 6.13. The second kappa shape index (κ2) is 8.54. The number of rotatable bonds is 7. The zero-order chi connectivity index (χ0) is 14.3. The molecule has 0 heterocycles. The molecule has 4 nitrogen and oxygen atoms in total. The van der Waals surface area contributed by atoms with Crippen molar-refractivity contribution in [2.75, 3.05) is 34.2 Å². The lowest BCUT2D eigenvalue weighted by molar-refractivity contribution is -0.124. The third-order valence-electron chi connectivity index (χ3n) is 4.30. The fraction of sp³-hybridized carbons (Fsp3) is 0.933. The van der Waals surface area contributed by atoms with Crippen molar-refractivity contribution in [2.24, 2.45) is 11.8 Å². The van der Waals surface area contributed by atoms with Crippen LogP contribution in [0.5, 0.6) is 0 Å². The highest BCUT2D eigenvalue weighted by Gasteiger charge is 2.26. The number of likely N-dealkylation sites (N-methyl/N-ethyl adjacent to an activating group) is 1. The van der Waals surface area contributed by atoms with E-state index in [0.29, 0.717) is 6.04 Å². The van der Waals surface area contributed by atoms with Crippen LogP contribution in [0, 0.1) is 11.8 Å². The number of carbonyl (C=O) groups excluding carboxylic acids is 1. The molecule has 1 aliphatic rings. The Balaban J connectivity index is 2.43. The van der Waals surface area contributed by atoms with Crippen molar-refractivity contribution in [1.82, 2.24) is 15.5 Å². The molecule has 2 N–H and O–H groups in total. The minimum absolute atomic E-state index is 0.0409. The Kier molecular flexibility index (Phi) is 7.39. The van der Waals surface area contributed by atoms with Gasteiger partial charge in [-0.3, -0.25) is 4.79 Å². The van der Waals surface area contributed by atoms with Gasteiger partial charge in [0.1, 0.15) is 0 Å². The first-order valence-electron chi connectivity index (χ1n) is 7.65. The summed E-state index contributed by atoms with van der Waals surface area (Å²) < 4.78 is 0. The summed E-state index contributed by atoms with van der Waals surface area (Å²) in [5.41, 5.74) is 0. The Labute approximate surface area is 118 Å². The molecule has 112 valence electrons. The first-order chi connectivity index (χ1) is 9.06. The number of nitrogens with zero attached hydrogens (tertiary/aromatic N) is 1. The van der Waals surface area contributed by atoms with Gasteiger partial charge in [0.25, 0.3) is 0 Å². The van der Waals surface area contributed by atoms with Crippen LogP contribution in [0.4, 0.5) is 0 Å². The molecule has 0 bridgehead atoms. The predicted octanol–water partition coefficient (Wildman–Crippen LogP) is 1.47. The highest BCUT2D eigenvalue weighted by atomic mass is 16.1. The third-order valence-corrected chi connectivity index (χ3v) is 4.30. The summed E-state index contributed by atoms with van der Waals surface area (Å²) in [7, 11) is 6.14. The van der Waals surface area contributed by atoms with Gasteiger partial charge in [-0.05, 0) is 39.9 Å². The predicted molar refractivity (Wildman–Crippen MR) is 80.2 cm³/mol. The van der Waals surface area contributed by atoms with Gasteiger partial charge in [-0.25, -0.2) is 0 Å². The molecule has 0 spiro atoms. The summed E-state index contributed by atoms with van der Waals surface area (Å²) in [6.45, 7) is 3.49. The van der Waals surface area contributed by atoms with Crippen LogP contribution in [-0.2, 0) is 4.79 Å². The number of hydrogen-bond acceptors (Lipinski definition) is 3. The Morgan fingerprint density at radius 3 is 2.37 bits per heavy atom. The molecular formula is C15H31N3O. The molecule has 0 saturated heterocycles. The quantitative estimate of drug-likeness (QED) is 0.735. The number of carbonyl (C=O) groups is 1. The van der Waals surface area contributed by atoms with Crippen molar-refractivity contribution in [2.45, 2.75) is 45.1 Å². The fourth-order valence-corrected chi connectivity index (χ4v) is 3.07. The highest BCUT2D eigenvalue weighted by molar-refractivity contribution is 5.78. The van der Waals surface area contributed by atoms with Crippen LogP contribution in [0.1, 0.15) is 39.0 Å². The summed E-state index contributed by atoms with van der Waals surface area (Å²) in [4.78, 5) is 14.2. The summed E-state index contributed by atoms with van der Waals surface area (Å²) in [5, 5.41) is 6.18. The van der Waals surface area contributed by atoms with Crippen molar-refractivity contribution in [3.8, 4) is 0 Å². The van der Waals surface area contributed by atoms with Gasteiger partial charge in [0.2, 0.25) is 5.91 Å². The minimum Gasteiger partial charge on any atom is -0.354 e. The molecule has 2 atom stereocenters. The molecule has 19 heavy (non-hydrogen) atoms. The topological polar surface area (TPSA) is 44.4 Å². The number of nitrogens with one attached hydrogen (secondary N) is 2. The van der Waals surface area contributed by atoms with Crippen molar-refractivity contribution < 1.29 is 4.79 Å².